The van der Waals surface area contributed by atoms with Crippen LogP contribution in [0.4, 0.5) is 5.69 Å². The normalized spacial score (nSPS) is 12.4. The highest BCUT2D eigenvalue weighted by atomic mass is 16.6. The van der Waals surface area contributed by atoms with Gasteiger partial charge in [0.1, 0.15) is 0 Å². The molecular formula is C14H22N2O3. The summed E-state index contributed by atoms with van der Waals surface area (Å²) in [4.78, 5) is 10.5. The van der Waals surface area contributed by atoms with E-state index in [1.165, 1.54) is 0 Å². The second-order valence-electron chi connectivity index (χ2n) is 4.98. The molecular weight excluding hydrogens is 244 g/mol. The van der Waals surface area contributed by atoms with Crippen LogP contribution in [0.25, 0.3) is 0 Å². The van der Waals surface area contributed by atoms with E-state index < -0.39 is 0 Å². The molecule has 5 heteroatoms. The fourth-order valence-corrected chi connectivity index (χ4v) is 1.86. The van der Waals surface area contributed by atoms with Crippen LogP contribution >= 0.6 is 0 Å². The van der Waals surface area contributed by atoms with Gasteiger partial charge in [-0.1, -0.05) is 19.1 Å². The number of hydrogen-bond acceptors (Lipinski definition) is 4. The Morgan fingerprint density at radius 2 is 2.21 bits per heavy atom. The van der Waals surface area contributed by atoms with Crippen molar-refractivity contribution in [2.24, 2.45) is 5.92 Å². The van der Waals surface area contributed by atoms with E-state index in [0.29, 0.717) is 18.0 Å². The van der Waals surface area contributed by atoms with Gasteiger partial charge in [0, 0.05) is 24.8 Å². The monoisotopic (exact) mass is 266 g/mol. The summed E-state index contributed by atoms with van der Waals surface area (Å²) < 4.78 is 0. The fourth-order valence-electron chi connectivity index (χ4n) is 1.86. The minimum atomic E-state index is -0.345. The molecule has 19 heavy (non-hydrogen) atoms. The lowest BCUT2D eigenvalue weighted by atomic mass is 10.1. The van der Waals surface area contributed by atoms with Crippen molar-refractivity contribution in [1.29, 1.82) is 0 Å². The summed E-state index contributed by atoms with van der Waals surface area (Å²) in [5, 5.41) is 23.0. The number of aryl methyl sites for hydroxylation is 1. The highest BCUT2D eigenvalue weighted by Crippen LogP contribution is 2.19. The second-order valence-corrected chi connectivity index (χ2v) is 4.98. The Labute approximate surface area is 113 Å². The first-order valence-corrected chi connectivity index (χ1v) is 6.60. The van der Waals surface area contributed by atoms with Crippen LogP contribution in [0.5, 0.6) is 0 Å². The molecule has 0 aromatic heterocycles. The van der Waals surface area contributed by atoms with E-state index >= 15 is 0 Å². The first-order chi connectivity index (χ1) is 9.04. The molecule has 1 atom stereocenters. The molecule has 0 bridgehead atoms. The maximum atomic E-state index is 10.8. The molecule has 0 aliphatic rings. The largest absolute Gasteiger partial charge is 0.396 e. The van der Waals surface area contributed by atoms with Crippen LogP contribution in [0.2, 0.25) is 0 Å². The molecule has 106 valence electrons. The molecule has 0 saturated heterocycles. The van der Waals surface area contributed by atoms with Gasteiger partial charge in [-0.25, -0.2) is 0 Å². The Morgan fingerprint density at radius 1 is 1.47 bits per heavy atom. The maximum Gasteiger partial charge on any atom is 0.272 e. The molecule has 0 radical (unpaired) electrons. The zero-order valence-electron chi connectivity index (χ0n) is 11.6. The minimum absolute atomic E-state index is 0.174. The van der Waals surface area contributed by atoms with Crippen molar-refractivity contribution in [3.63, 3.8) is 0 Å². The Bertz CT molecular complexity index is 421. The summed E-state index contributed by atoms with van der Waals surface area (Å²) in [7, 11) is 0. The van der Waals surface area contributed by atoms with Crippen molar-refractivity contribution in [3.8, 4) is 0 Å². The second kappa shape index (κ2) is 7.86. The Kier molecular flexibility index (Phi) is 6.45. The van der Waals surface area contributed by atoms with E-state index in [-0.39, 0.29) is 17.2 Å². The first-order valence-electron chi connectivity index (χ1n) is 6.60. The third kappa shape index (κ3) is 5.36. The van der Waals surface area contributed by atoms with Gasteiger partial charge < -0.3 is 10.4 Å². The molecule has 1 unspecified atom stereocenters. The average Bonchev–Trinajstić information content (AvgIpc) is 2.39. The molecule has 0 aliphatic heterocycles. The van der Waals surface area contributed by atoms with Gasteiger partial charge in [0.2, 0.25) is 0 Å². The smallest absolute Gasteiger partial charge is 0.272 e. The van der Waals surface area contributed by atoms with Crippen LogP contribution in [0.1, 0.15) is 30.9 Å². The number of nitro groups is 1. The summed E-state index contributed by atoms with van der Waals surface area (Å²) >= 11 is 0. The number of nitrogens with zero attached hydrogens (tertiary/aromatic N) is 1. The molecule has 5 nitrogen and oxygen atoms in total. The highest BCUT2D eigenvalue weighted by Gasteiger charge is 2.10. The topological polar surface area (TPSA) is 75.4 Å². The lowest BCUT2D eigenvalue weighted by molar-refractivity contribution is -0.385. The molecule has 2 N–H and O–H groups in total. The van der Waals surface area contributed by atoms with Gasteiger partial charge in [-0.3, -0.25) is 10.1 Å². The van der Waals surface area contributed by atoms with Gasteiger partial charge in [-0.05, 0) is 37.8 Å². The SMILES string of the molecule is Cc1ccc(CNCCCC(C)CO)cc1[N+](=O)[O-]. The summed E-state index contributed by atoms with van der Waals surface area (Å²) in [6.07, 6.45) is 1.98. The molecule has 0 fully saturated rings. The van der Waals surface area contributed by atoms with Gasteiger partial charge in [0.25, 0.3) is 5.69 Å². The van der Waals surface area contributed by atoms with E-state index in [0.717, 1.165) is 24.9 Å². The first kappa shape index (κ1) is 15.6. The highest BCUT2D eigenvalue weighted by molar-refractivity contribution is 5.42. The number of nitro benzene ring substituents is 1. The van der Waals surface area contributed by atoms with Crippen LogP contribution in [-0.4, -0.2) is 23.2 Å². The van der Waals surface area contributed by atoms with E-state index in [1.807, 2.05) is 13.0 Å². The van der Waals surface area contributed by atoms with Gasteiger partial charge in [0.15, 0.2) is 0 Å². The van der Waals surface area contributed by atoms with Gasteiger partial charge in [-0.2, -0.15) is 0 Å². The van der Waals surface area contributed by atoms with Crippen LogP contribution in [0, 0.1) is 23.0 Å². The Balaban J connectivity index is 2.38. The maximum absolute atomic E-state index is 10.8. The number of rotatable bonds is 8. The lowest BCUT2D eigenvalue weighted by Gasteiger charge is -2.08. The summed E-state index contributed by atoms with van der Waals surface area (Å²) in [5.74, 6) is 0.335. The standard InChI is InChI=1S/C14H22N2O3/c1-11(10-17)4-3-7-15-9-13-6-5-12(2)14(8-13)16(18)19/h5-6,8,11,15,17H,3-4,7,9-10H2,1-2H3. The van der Waals surface area contributed by atoms with Crippen LogP contribution in [-0.2, 0) is 6.54 Å². The predicted octanol–water partition coefficient (Wildman–Crippen LogP) is 2.40. The number of nitrogens with one attached hydrogen (secondary N) is 1. The van der Waals surface area contributed by atoms with Crippen molar-refractivity contribution in [2.45, 2.75) is 33.2 Å². The Morgan fingerprint density at radius 3 is 2.84 bits per heavy atom. The summed E-state index contributed by atoms with van der Waals surface area (Å²) in [5.41, 5.74) is 1.78. The molecule has 0 spiro atoms. The van der Waals surface area contributed by atoms with Crippen LogP contribution < -0.4 is 5.32 Å². The van der Waals surface area contributed by atoms with Crippen molar-refractivity contribution >= 4 is 5.69 Å². The number of aliphatic hydroxyl groups is 1. The quantitative estimate of drug-likeness (QED) is 0.430. The Hall–Kier alpha value is -1.46. The number of benzene rings is 1. The van der Waals surface area contributed by atoms with Crippen molar-refractivity contribution in [3.05, 3.63) is 39.4 Å². The average molecular weight is 266 g/mol. The summed E-state index contributed by atoms with van der Waals surface area (Å²) in [6.45, 7) is 5.47. The summed E-state index contributed by atoms with van der Waals surface area (Å²) in [6, 6.07) is 5.31. The van der Waals surface area contributed by atoms with Crippen molar-refractivity contribution in [1.82, 2.24) is 5.32 Å². The molecule has 1 aromatic carbocycles. The fraction of sp³-hybridized carbons (Fsp3) is 0.571. The zero-order valence-corrected chi connectivity index (χ0v) is 11.6. The van der Waals surface area contributed by atoms with E-state index in [2.05, 4.69) is 5.32 Å². The van der Waals surface area contributed by atoms with E-state index in [1.54, 1.807) is 19.1 Å². The van der Waals surface area contributed by atoms with Crippen LogP contribution in [0.15, 0.2) is 18.2 Å². The number of aliphatic hydroxyl groups excluding tert-OH is 1. The number of hydrogen-bond donors (Lipinski definition) is 2. The van der Waals surface area contributed by atoms with E-state index in [4.69, 9.17) is 5.11 Å². The van der Waals surface area contributed by atoms with Crippen LogP contribution in [0.3, 0.4) is 0 Å². The molecule has 1 aromatic rings. The lowest BCUT2D eigenvalue weighted by Crippen LogP contribution is -2.16. The molecule has 0 aliphatic carbocycles. The minimum Gasteiger partial charge on any atom is -0.396 e. The van der Waals surface area contributed by atoms with Gasteiger partial charge >= 0.3 is 0 Å². The third-order valence-corrected chi connectivity index (χ3v) is 3.16. The molecule has 0 amide bonds. The zero-order chi connectivity index (χ0) is 14.3. The molecule has 0 saturated carbocycles. The van der Waals surface area contributed by atoms with Gasteiger partial charge in [-0.15, -0.1) is 0 Å². The van der Waals surface area contributed by atoms with Crippen molar-refractivity contribution < 1.29 is 10.0 Å². The van der Waals surface area contributed by atoms with Gasteiger partial charge in [0.05, 0.1) is 4.92 Å². The molecule has 1 rings (SSSR count). The molecule has 0 heterocycles. The van der Waals surface area contributed by atoms with Crippen molar-refractivity contribution in [2.75, 3.05) is 13.2 Å². The third-order valence-electron chi connectivity index (χ3n) is 3.16. The van der Waals surface area contributed by atoms with E-state index in [9.17, 15) is 10.1 Å². The predicted molar refractivity (Wildman–Crippen MR) is 75.0 cm³/mol.